The molecule has 0 saturated carbocycles. The molecule has 0 spiro atoms. The summed E-state index contributed by atoms with van der Waals surface area (Å²) in [6.45, 7) is 12.4. The summed E-state index contributed by atoms with van der Waals surface area (Å²) in [4.78, 5) is 33.6. The predicted octanol–water partition coefficient (Wildman–Crippen LogP) is 5.59. The first-order valence-corrected chi connectivity index (χ1v) is 12.0. The van der Waals surface area contributed by atoms with E-state index in [4.69, 9.17) is 4.98 Å². The van der Waals surface area contributed by atoms with Crippen LogP contribution in [-0.4, -0.2) is 28.7 Å². The molecule has 0 radical (unpaired) electrons. The lowest BCUT2D eigenvalue weighted by atomic mass is 9.86. The average Bonchev–Trinajstić information content (AvgIpc) is 2.86. The number of amides is 1. The van der Waals surface area contributed by atoms with Crippen LogP contribution in [0, 0.1) is 0 Å². The van der Waals surface area contributed by atoms with Gasteiger partial charge in [0.2, 0.25) is 0 Å². The van der Waals surface area contributed by atoms with Gasteiger partial charge in [-0.2, -0.15) is 4.68 Å². The maximum absolute atomic E-state index is 13.4. The zero-order chi connectivity index (χ0) is 25.2. The lowest BCUT2D eigenvalue weighted by Crippen LogP contribution is -2.35. The number of para-hydroxylation sites is 1. The number of hydrogen-bond donors (Lipinski definition) is 1. The highest BCUT2D eigenvalue weighted by Gasteiger charge is 2.18. The smallest absolute Gasteiger partial charge is 0.280 e. The standard InChI is InChI=1S/C29H32N4O2/c1-6-32(7-2)23-18-14-21(15-19-23)27(34)31-33-26(20-12-16-22(17-13-20)29(3,4)5)30-25-11-9-8-10-24(25)28(33)35/h8-19H,6-7H2,1-5H3,(H,31,34). The third kappa shape index (κ3) is 4.97. The molecule has 1 amide bonds. The number of nitrogens with one attached hydrogen (secondary N) is 1. The molecule has 0 aliphatic carbocycles. The summed E-state index contributed by atoms with van der Waals surface area (Å²) in [7, 11) is 0. The molecule has 1 N–H and O–H groups in total. The summed E-state index contributed by atoms with van der Waals surface area (Å²) in [5, 5.41) is 0.444. The van der Waals surface area contributed by atoms with Crippen LogP contribution in [-0.2, 0) is 5.41 Å². The SMILES string of the molecule is CCN(CC)c1ccc(C(=O)Nn2c(-c3ccc(C(C)(C)C)cc3)nc3ccccc3c2=O)cc1. The van der Waals surface area contributed by atoms with Crippen molar-refractivity contribution in [1.29, 1.82) is 0 Å². The lowest BCUT2D eigenvalue weighted by molar-refractivity contribution is 0.101. The van der Waals surface area contributed by atoms with E-state index < -0.39 is 0 Å². The van der Waals surface area contributed by atoms with Gasteiger partial charge >= 0.3 is 0 Å². The van der Waals surface area contributed by atoms with Gasteiger partial charge in [0.25, 0.3) is 11.5 Å². The van der Waals surface area contributed by atoms with Crippen molar-refractivity contribution in [3.8, 4) is 11.4 Å². The maximum Gasteiger partial charge on any atom is 0.280 e. The zero-order valence-corrected chi connectivity index (χ0v) is 21.0. The minimum Gasteiger partial charge on any atom is -0.372 e. The van der Waals surface area contributed by atoms with Crippen molar-refractivity contribution in [3.05, 3.63) is 94.3 Å². The van der Waals surface area contributed by atoms with Crippen LogP contribution in [0.15, 0.2) is 77.6 Å². The second-order valence-corrected chi connectivity index (χ2v) is 9.58. The van der Waals surface area contributed by atoms with E-state index in [0.29, 0.717) is 22.3 Å². The summed E-state index contributed by atoms with van der Waals surface area (Å²) >= 11 is 0. The van der Waals surface area contributed by atoms with Gasteiger partial charge in [-0.15, -0.1) is 0 Å². The number of fused-ring (bicyclic) bond motifs is 1. The summed E-state index contributed by atoms with van der Waals surface area (Å²) in [5.41, 5.74) is 6.50. The number of carbonyl (C=O) groups is 1. The van der Waals surface area contributed by atoms with E-state index in [0.717, 1.165) is 24.3 Å². The summed E-state index contributed by atoms with van der Waals surface area (Å²) in [6.07, 6.45) is 0. The molecule has 0 bridgehead atoms. The number of aromatic nitrogens is 2. The van der Waals surface area contributed by atoms with Gasteiger partial charge in [-0.25, -0.2) is 4.98 Å². The fourth-order valence-electron chi connectivity index (χ4n) is 4.13. The topological polar surface area (TPSA) is 67.2 Å². The predicted molar refractivity (Wildman–Crippen MR) is 144 cm³/mol. The van der Waals surface area contributed by atoms with Gasteiger partial charge in [0.05, 0.1) is 10.9 Å². The highest BCUT2D eigenvalue weighted by atomic mass is 16.2. The van der Waals surface area contributed by atoms with Crippen molar-refractivity contribution in [2.75, 3.05) is 23.4 Å². The summed E-state index contributed by atoms with van der Waals surface area (Å²) in [5.74, 6) is 0.0186. The van der Waals surface area contributed by atoms with Gasteiger partial charge in [-0.3, -0.25) is 15.0 Å². The lowest BCUT2D eigenvalue weighted by Gasteiger charge is -2.21. The van der Waals surface area contributed by atoms with Crippen LogP contribution in [0.4, 0.5) is 5.69 Å². The molecule has 6 nitrogen and oxygen atoms in total. The van der Waals surface area contributed by atoms with Gasteiger partial charge < -0.3 is 4.90 Å². The van der Waals surface area contributed by atoms with Crippen molar-refractivity contribution in [2.24, 2.45) is 0 Å². The Labute approximate surface area is 206 Å². The molecule has 35 heavy (non-hydrogen) atoms. The Hall–Kier alpha value is -3.93. The Morgan fingerprint density at radius 2 is 1.54 bits per heavy atom. The van der Waals surface area contributed by atoms with Crippen LogP contribution in [0.2, 0.25) is 0 Å². The third-order valence-corrected chi connectivity index (χ3v) is 6.26. The largest absolute Gasteiger partial charge is 0.372 e. The second-order valence-electron chi connectivity index (χ2n) is 9.58. The van der Waals surface area contributed by atoms with Gasteiger partial charge in [-0.05, 0) is 61.2 Å². The number of nitrogens with zero attached hydrogens (tertiary/aromatic N) is 3. The van der Waals surface area contributed by atoms with E-state index in [1.54, 1.807) is 24.3 Å². The highest BCUT2D eigenvalue weighted by molar-refractivity contribution is 6.00. The molecule has 180 valence electrons. The van der Waals surface area contributed by atoms with Gasteiger partial charge in [0.1, 0.15) is 0 Å². The summed E-state index contributed by atoms with van der Waals surface area (Å²) in [6, 6.07) is 22.5. The van der Waals surface area contributed by atoms with Gasteiger partial charge in [-0.1, -0.05) is 57.2 Å². The van der Waals surface area contributed by atoms with Crippen molar-refractivity contribution < 1.29 is 4.79 Å². The number of rotatable bonds is 6. The molecule has 0 atom stereocenters. The first-order chi connectivity index (χ1) is 16.7. The average molecular weight is 469 g/mol. The molecule has 4 rings (SSSR count). The van der Waals surface area contributed by atoms with E-state index >= 15 is 0 Å². The quantitative estimate of drug-likeness (QED) is 0.400. The molecule has 0 saturated heterocycles. The number of carbonyl (C=O) groups excluding carboxylic acids is 1. The Bertz CT molecular complexity index is 1390. The molecule has 4 aromatic rings. The van der Waals surface area contributed by atoms with E-state index in [9.17, 15) is 9.59 Å². The van der Waals surface area contributed by atoms with E-state index in [1.165, 1.54) is 10.2 Å². The third-order valence-electron chi connectivity index (χ3n) is 6.26. The minimum absolute atomic E-state index is 0.000516. The monoisotopic (exact) mass is 468 g/mol. The van der Waals surface area contributed by atoms with Crippen molar-refractivity contribution in [2.45, 2.75) is 40.0 Å². The molecule has 1 aromatic heterocycles. The number of anilines is 1. The van der Waals surface area contributed by atoms with E-state index in [1.807, 2.05) is 48.5 Å². The Kier molecular flexibility index (Phi) is 6.74. The Balaban J connectivity index is 1.76. The highest BCUT2D eigenvalue weighted by Crippen LogP contribution is 2.26. The minimum atomic E-state index is -0.372. The van der Waals surface area contributed by atoms with Crippen molar-refractivity contribution in [3.63, 3.8) is 0 Å². The Morgan fingerprint density at radius 3 is 2.14 bits per heavy atom. The van der Waals surface area contributed by atoms with Gasteiger partial charge in [0, 0.05) is 29.9 Å². The molecule has 3 aromatic carbocycles. The van der Waals surface area contributed by atoms with E-state index in [2.05, 4.69) is 44.9 Å². The van der Waals surface area contributed by atoms with Crippen LogP contribution >= 0.6 is 0 Å². The fourth-order valence-corrected chi connectivity index (χ4v) is 4.13. The first kappa shape index (κ1) is 24.2. The van der Waals surface area contributed by atoms with E-state index in [-0.39, 0.29) is 16.9 Å². The molecular weight excluding hydrogens is 436 g/mol. The van der Waals surface area contributed by atoms with Crippen LogP contribution in [0.3, 0.4) is 0 Å². The fraction of sp³-hybridized carbons (Fsp3) is 0.276. The molecular formula is C29H32N4O2. The normalized spacial score (nSPS) is 11.5. The van der Waals surface area contributed by atoms with Crippen LogP contribution < -0.4 is 15.9 Å². The first-order valence-electron chi connectivity index (χ1n) is 12.0. The van der Waals surface area contributed by atoms with Gasteiger partial charge in [0.15, 0.2) is 5.82 Å². The Morgan fingerprint density at radius 1 is 0.914 bits per heavy atom. The molecule has 0 unspecified atom stereocenters. The molecule has 6 heteroatoms. The summed E-state index contributed by atoms with van der Waals surface area (Å²) < 4.78 is 1.26. The van der Waals surface area contributed by atoms with Crippen molar-refractivity contribution >= 4 is 22.5 Å². The van der Waals surface area contributed by atoms with Crippen LogP contribution in [0.1, 0.15) is 50.5 Å². The van der Waals surface area contributed by atoms with Crippen molar-refractivity contribution in [1.82, 2.24) is 9.66 Å². The molecule has 0 fully saturated rings. The number of benzene rings is 3. The van der Waals surface area contributed by atoms with Crippen LogP contribution in [0.25, 0.3) is 22.3 Å². The molecule has 0 aliphatic rings. The zero-order valence-electron chi connectivity index (χ0n) is 21.0. The maximum atomic E-state index is 13.4. The number of hydrogen-bond acceptors (Lipinski definition) is 4. The molecule has 0 aliphatic heterocycles. The second kappa shape index (κ2) is 9.74. The van der Waals surface area contributed by atoms with Crippen LogP contribution in [0.5, 0.6) is 0 Å². The molecule has 1 heterocycles.